The molecule has 2 N–H and O–H groups in total. The van der Waals surface area contributed by atoms with Crippen LogP contribution in [0.25, 0.3) is 0 Å². The van der Waals surface area contributed by atoms with E-state index in [4.69, 9.17) is 15.2 Å². The monoisotopic (exact) mass is 261 g/mol. The molecule has 3 atom stereocenters. The van der Waals surface area contributed by atoms with Crippen LogP contribution < -0.4 is 10.5 Å². The molecule has 0 aromatic heterocycles. The van der Waals surface area contributed by atoms with E-state index in [9.17, 15) is 0 Å². The van der Waals surface area contributed by atoms with Crippen LogP contribution in [0.3, 0.4) is 0 Å². The van der Waals surface area contributed by atoms with Gasteiger partial charge < -0.3 is 15.2 Å². The standard InChI is InChI=1S/C16H23NO2/c1-18-12-3-2-4-13(10-12)19-14-6-7-15-11(9-14)5-8-16(15)17/h6-7,9,12-13,16H,2-5,8,10,17H2,1H3/t12?,13?,16-/m1/s1. The van der Waals surface area contributed by atoms with Crippen LogP contribution in [0.2, 0.25) is 0 Å². The molecule has 3 heteroatoms. The second-order valence-corrected chi connectivity index (χ2v) is 5.77. The molecule has 0 spiro atoms. The minimum Gasteiger partial charge on any atom is -0.490 e. The summed E-state index contributed by atoms with van der Waals surface area (Å²) in [5.41, 5.74) is 8.72. The average molecular weight is 261 g/mol. The van der Waals surface area contributed by atoms with Crippen molar-refractivity contribution >= 4 is 0 Å². The summed E-state index contributed by atoms with van der Waals surface area (Å²) < 4.78 is 11.6. The average Bonchev–Trinajstić information content (AvgIpc) is 2.80. The molecule has 0 bridgehead atoms. The molecule has 0 radical (unpaired) electrons. The van der Waals surface area contributed by atoms with Gasteiger partial charge in [0.1, 0.15) is 11.9 Å². The number of fused-ring (bicyclic) bond motifs is 1. The molecule has 19 heavy (non-hydrogen) atoms. The van der Waals surface area contributed by atoms with Gasteiger partial charge in [-0.15, -0.1) is 0 Å². The van der Waals surface area contributed by atoms with Gasteiger partial charge in [0.25, 0.3) is 0 Å². The van der Waals surface area contributed by atoms with E-state index in [1.165, 1.54) is 17.5 Å². The number of hydrogen-bond acceptors (Lipinski definition) is 3. The summed E-state index contributed by atoms with van der Waals surface area (Å²) in [4.78, 5) is 0. The van der Waals surface area contributed by atoms with Crippen molar-refractivity contribution in [2.75, 3.05) is 7.11 Å². The van der Waals surface area contributed by atoms with Crippen molar-refractivity contribution in [1.29, 1.82) is 0 Å². The van der Waals surface area contributed by atoms with Crippen LogP contribution in [0, 0.1) is 0 Å². The fraction of sp³-hybridized carbons (Fsp3) is 0.625. The van der Waals surface area contributed by atoms with E-state index in [0.717, 1.165) is 37.9 Å². The van der Waals surface area contributed by atoms with Crippen LogP contribution in [0.15, 0.2) is 18.2 Å². The fourth-order valence-electron chi connectivity index (χ4n) is 3.32. The summed E-state index contributed by atoms with van der Waals surface area (Å²) in [6.07, 6.45) is 7.30. The minimum atomic E-state index is 0.219. The Morgan fingerprint density at radius 2 is 2.00 bits per heavy atom. The number of benzene rings is 1. The van der Waals surface area contributed by atoms with Crippen molar-refractivity contribution in [3.8, 4) is 5.75 Å². The second-order valence-electron chi connectivity index (χ2n) is 5.77. The molecule has 0 saturated heterocycles. The van der Waals surface area contributed by atoms with Gasteiger partial charge in [-0.3, -0.25) is 0 Å². The Kier molecular flexibility index (Phi) is 3.76. The zero-order valence-electron chi connectivity index (χ0n) is 11.6. The Labute approximate surface area is 115 Å². The molecule has 3 rings (SSSR count). The topological polar surface area (TPSA) is 44.5 Å². The quantitative estimate of drug-likeness (QED) is 0.909. The van der Waals surface area contributed by atoms with E-state index in [0.29, 0.717) is 12.2 Å². The smallest absolute Gasteiger partial charge is 0.120 e. The van der Waals surface area contributed by atoms with E-state index in [2.05, 4.69) is 18.2 Å². The van der Waals surface area contributed by atoms with Gasteiger partial charge in [-0.1, -0.05) is 6.07 Å². The Hall–Kier alpha value is -1.06. The SMILES string of the molecule is COC1CCCC(Oc2ccc3c(c2)CC[C@H]3N)C1. The van der Waals surface area contributed by atoms with Crippen LogP contribution in [0.4, 0.5) is 0 Å². The van der Waals surface area contributed by atoms with Gasteiger partial charge in [0.05, 0.1) is 6.10 Å². The highest BCUT2D eigenvalue weighted by Crippen LogP contribution is 2.33. The predicted molar refractivity (Wildman–Crippen MR) is 75.4 cm³/mol. The third-order valence-electron chi connectivity index (χ3n) is 4.45. The maximum Gasteiger partial charge on any atom is 0.120 e. The molecule has 0 heterocycles. The largest absolute Gasteiger partial charge is 0.490 e. The highest BCUT2D eigenvalue weighted by Gasteiger charge is 2.24. The van der Waals surface area contributed by atoms with Crippen LogP contribution in [0.5, 0.6) is 5.75 Å². The number of hydrogen-bond donors (Lipinski definition) is 1. The molecule has 0 aliphatic heterocycles. The summed E-state index contributed by atoms with van der Waals surface area (Å²) in [6.45, 7) is 0. The maximum absolute atomic E-state index is 6.13. The lowest BCUT2D eigenvalue weighted by Crippen LogP contribution is -2.29. The minimum absolute atomic E-state index is 0.219. The van der Waals surface area contributed by atoms with Crippen molar-refractivity contribution in [3.63, 3.8) is 0 Å². The van der Waals surface area contributed by atoms with Gasteiger partial charge in [0, 0.05) is 19.6 Å². The van der Waals surface area contributed by atoms with Crippen LogP contribution >= 0.6 is 0 Å². The molecule has 1 aromatic rings. The highest BCUT2D eigenvalue weighted by atomic mass is 16.5. The van der Waals surface area contributed by atoms with Gasteiger partial charge in [0.15, 0.2) is 0 Å². The molecular weight excluding hydrogens is 238 g/mol. The van der Waals surface area contributed by atoms with Gasteiger partial charge in [0.2, 0.25) is 0 Å². The van der Waals surface area contributed by atoms with Crippen molar-refractivity contribution in [2.45, 2.75) is 56.8 Å². The Balaban J connectivity index is 1.67. The molecule has 1 fully saturated rings. The lowest BCUT2D eigenvalue weighted by Gasteiger charge is -2.28. The zero-order valence-corrected chi connectivity index (χ0v) is 11.6. The van der Waals surface area contributed by atoms with Crippen molar-refractivity contribution in [1.82, 2.24) is 0 Å². The van der Waals surface area contributed by atoms with Crippen LogP contribution in [-0.2, 0) is 11.2 Å². The summed E-state index contributed by atoms with van der Waals surface area (Å²) in [6, 6.07) is 6.61. The first-order chi connectivity index (χ1) is 9.26. The number of aryl methyl sites for hydroxylation is 1. The van der Waals surface area contributed by atoms with Gasteiger partial charge >= 0.3 is 0 Å². The summed E-state index contributed by atoms with van der Waals surface area (Å²) in [7, 11) is 1.80. The molecule has 1 aromatic carbocycles. The van der Waals surface area contributed by atoms with E-state index in [-0.39, 0.29) is 6.04 Å². The van der Waals surface area contributed by atoms with Crippen molar-refractivity contribution in [2.24, 2.45) is 5.73 Å². The number of ether oxygens (including phenoxy) is 2. The second kappa shape index (κ2) is 5.51. The van der Waals surface area contributed by atoms with Crippen molar-refractivity contribution < 1.29 is 9.47 Å². The predicted octanol–water partition coefficient (Wildman–Crippen LogP) is 2.97. The molecule has 1 saturated carbocycles. The molecular formula is C16H23NO2. The molecule has 2 aliphatic rings. The number of nitrogens with two attached hydrogens (primary N) is 1. The molecule has 0 amide bonds. The van der Waals surface area contributed by atoms with Gasteiger partial charge in [-0.25, -0.2) is 0 Å². The first kappa shape index (κ1) is 12.9. The number of rotatable bonds is 3. The normalized spacial score (nSPS) is 30.1. The summed E-state index contributed by atoms with van der Waals surface area (Å²) in [5.74, 6) is 0.995. The third kappa shape index (κ3) is 2.77. The third-order valence-corrected chi connectivity index (χ3v) is 4.45. The maximum atomic E-state index is 6.13. The molecule has 2 aliphatic carbocycles. The summed E-state index contributed by atoms with van der Waals surface area (Å²) in [5, 5.41) is 0. The first-order valence-corrected chi connectivity index (χ1v) is 7.34. The van der Waals surface area contributed by atoms with E-state index < -0.39 is 0 Å². The van der Waals surface area contributed by atoms with E-state index in [1.54, 1.807) is 7.11 Å². The lowest BCUT2D eigenvalue weighted by molar-refractivity contribution is 0.0209. The van der Waals surface area contributed by atoms with Crippen molar-refractivity contribution in [3.05, 3.63) is 29.3 Å². The Morgan fingerprint density at radius 1 is 1.16 bits per heavy atom. The van der Waals surface area contributed by atoms with Crippen LogP contribution in [-0.4, -0.2) is 19.3 Å². The zero-order chi connectivity index (χ0) is 13.2. The fourth-order valence-corrected chi connectivity index (χ4v) is 3.32. The molecule has 3 nitrogen and oxygen atoms in total. The Bertz CT molecular complexity index is 446. The van der Waals surface area contributed by atoms with Crippen LogP contribution in [0.1, 0.15) is 49.3 Å². The van der Waals surface area contributed by atoms with Gasteiger partial charge in [-0.05, 0) is 55.4 Å². The molecule has 104 valence electrons. The first-order valence-electron chi connectivity index (χ1n) is 7.34. The number of methoxy groups -OCH3 is 1. The Morgan fingerprint density at radius 3 is 2.84 bits per heavy atom. The summed E-state index contributed by atoms with van der Waals surface area (Å²) >= 11 is 0. The molecule has 2 unspecified atom stereocenters. The van der Waals surface area contributed by atoms with E-state index in [1.807, 2.05) is 0 Å². The lowest BCUT2D eigenvalue weighted by atomic mass is 9.95. The van der Waals surface area contributed by atoms with Gasteiger partial charge in [-0.2, -0.15) is 0 Å². The highest BCUT2D eigenvalue weighted by molar-refractivity contribution is 5.40. The van der Waals surface area contributed by atoms with E-state index >= 15 is 0 Å².